The Labute approximate surface area is 138 Å². The summed E-state index contributed by atoms with van der Waals surface area (Å²) in [5, 5.41) is 20.5. The third-order valence-corrected chi connectivity index (χ3v) is 4.03. The van der Waals surface area contributed by atoms with Gasteiger partial charge in [-0.05, 0) is 36.8 Å². The number of amides is 1. The smallest absolute Gasteiger partial charge is 0.294 e. The monoisotopic (exact) mass is 327 g/mol. The highest BCUT2D eigenvalue weighted by Crippen LogP contribution is 2.44. The molecule has 3 rings (SSSR count). The summed E-state index contributed by atoms with van der Waals surface area (Å²) in [6.45, 7) is 3.47. The molecule has 0 aliphatic carbocycles. The molecule has 2 N–H and O–H groups in total. The SMILES string of the molecule is CCC(=O)C1=C(O)C(=O)N(c2cc(C)ccc2O)C1c1ccco1. The van der Waals surface area contributed by atoms with Crippen molar-refractivity contribution in [3.8, 4) is 5.75 Å². The Hall–Kier alpha value is -3.02. The highest BCUT2D eigenvalue weighted by atomic mass is 16.3. The molecule has 124 valence electrons. The molecule has 1 aliphatic rings. The molecule has 1 amide bonds. The molecule has 0 fully saturated rings. The van der Waals surface area contributed by atoms with Crippen molar-refractivity contribution in [3.05, 3.63) is 59.3 Å². The average molecular weight is 327 g/mol. The first-order valence-corrected chi connectivity index (χ1v) is 7.58. The normalized spacial score (nSPS) is 17.7. The standard InChI is InChI=1S/C18H17NO5/c1-3-12(20)15-16(14-5-4-8-24-14)19(18(23)17(15)22)11-9-10(2)6-7-13(11)21/h4-9,16,21-22H,3H2,1-2H3. The number of benzene rings is 1. The number of aryl methyl sites for hydroxylation is 1. The van der Waals surface area contributed by atoms with Crippen LogP contribution >= 0.6 is 0 Å². The number of hydrogen-bond acceptors (Lipinski definition) is 5. The molecule has 1 aromatic heterocycles. The van der Waals surface area contributed by atoms with Gasteiger partial charge in [0.15, 0.2) is 11.5 Å². The van der Waals surface area contributed by atoms with Gasteiger partial charge in [-0.25, -0.2) is 0 Å². The maximum atomic E-state index is 12.6. The van der Waals surface area contributed by atoms with Gasteiger partial charge in [0.05, 0.1) is 17.5 Å². The third-order valence-electron chi connectivity index (χ3n) is 4.03. The summed E-state index contributed by atoms with van der Waals surface area (Å²) in [5.74, 6) is -1.48. The molecular weight excluding hydrogens is 310 g/mol. The summed E-state index contributed by atoms with van der Waals surface area (Å²) < 4.78 is 5.39. The maximum absolute atomic E-state index is 12.6. The van der Waals surface area contributed by atoms with E-state index in [1.54, 1.807) is 31.2 Å². The first-order valence-electron chi connectivity index (χ1n) is 7.58. The summed E-state index contributed by atoms with van der Waals surface area (Å²) in [7, 11) is 0. The van der Waals surface area contributed by atoms with Crippen LogP contribution in [0.1, 0.15) is 30.7 Å². The first-order chi connectivity index (χ1) is 11.5. The molecule has 2 aromatic rings. The van der Waals surface area contributed by atoms with Crippen LogP contribution in [0.15, 0.2) is 52.3 Å². The van der Waals surface area contributed by atoms with Crippen LogP contribution in [0.3, 0.4) is 0 Å². The zero-order valence-corrected chi connectivity index (χ0v) is 13.3. The molecule has 0 spiro atoms. The first kappa shape index (κ1) is 15.9. The van der Waals surface area contributed by atoms with E-state index in [1.807, 2.05) is 6.92 Å². The molecule has 1 atom stereocenters. The molecular formula is C18H17NO5. The number of aliphatic hydroxyl groups excluding tert-OH is 1. The van der Waals surface area contributed by atoms with Crippen molar-refractivity contribution in [3.63, 3.8) is 0 Å². The van der Waals surface area contributed by atoms with E-state index in [4.69, 9.17) is 4.42 Å². The zero-order valence-electron chi connectivity index (χ0n) is 13.3. The van der Waals surface area contributed by atoms with E-state index in [0.29, 0.717) is 5.76 Å². The molecule has 24 heavy (non-hydrogen) atoms. The van der Waals surface area contributed by atoms with E-state index < -0.39 is 17.7 Å². The van der Waals surface area contributed by atoms with Gasteiger partial charge in [-0.3, -0.25) is 14.5 Å². The van der Waals surface area contributed by atoms with E-state index in [9.17, 15) is 19.8 Å². The van der Waals surface area contributed by atoms with Gasteiger partial charge < -0.3 is 14.6 Å². The van der Waals surface area contributed by atoms with Crippen molar-refractivity contribution in [1.29, 1.82) is 0 Å². The molecule has 1 unspecified atom stereocenters. The van der Waals surface area contributed by atoms with Crippen molar-refractivity contribution in [2.45, 2.75) is 26.3 Å². The van der Waals surface area contributed by atoms with E-state index in [1.165, 1.54) is 17.2 Å². The number of phenols is 1. The van der Waals surface area contributed by atoms with Crippen LogP contribution < -0.4 is 4.90 Å². The van der Waals surface area contributed by atoms with Crippen molar-refractivity contribution < 1.29 is 24.2 Å². The molecule has 6 nitrogen and oxygen atoms in total. The van der Waals surface area contributed by atoms with Gasteiger partial charge in [0.25, 0.3) is 5.91 Å². The van der Waals surface area contributed by atoms with Crippen LogP contribution in [0.4, 0.5) is 5.69 Å². The summed E-state index contributed by atoms with van der Waals surface area (Å²) >= 11 is 0. The Balaban J connectivity index is 2.21. The van der Waals surface area contributed by atoms with Crippen molar-refractivity contribution in [1.82, 2.24) is 0 Å². The lowest BCUT2D eigenvalue weighted by molar-refractivity contribution is -0.118. The summed E-state index contributed by atoms with van der Waals surface area (Å²) in [6.07, 6.45) is 1.56. The number of aromatic hydroxyl groups is 1. The topological polar surface area (TPSA) is 91.0 Å². The van der Waals surface area contributed by atoms with E-state index in [0.717, 1.165) is 5.56 Å². The Morgan fingerprint density at radius 3 is 2.67 bits per heavy atom. The van der Waals surface area contributed by atoms with E-state index >= 15 is 0 Å². The lowest BCUT2D eigenvalue weighted by Gasteiger charge is -2.25. The van der Waals surface area contributed by atoms with Crippen LogP contribution in [0.2, 0.25) is 0 Å². The predicted molar refractivity (Wildman–Crippen MR) is 86.7 cm³/mol. The average Bonchev–Trinajstić information content (AvgIpc) is 3.17. The largest absolute Gasteiger partial charge is 0.506 e. The van der Waals surface area contributed by atoms with Crippen LogP contribution in [-0.4, -0.2) is 21.9 Å². The molecule has 1 aliphatic heterocycles. The molecule has 0 radical (unpaired) electrons. The molecule has 1 aromatic carbocycles. The number of Topliss-reactive ketones (excluding diaryl/α,β-unsaturated/α-hetero) is 1. The van der Waals surface area contributed by atoms with Gasteiger partial charge in [-0.1, -0.05) is 13.0 Å². The van der Waals surface area contributed by atoms with E-state index in [2.05, 4.69) is 0 Å². The molecule has 2 heterocycles. The van der Waals surface area contributed by atoms with Gasteiger partial charge >= 0.3 is 0 Å². The highest BCUT2D eigenvalue weighted by Gasteiger charge is 2.46. The zero-order chi connectivity index (χ0) is 17.4. The predicted octanol–water partition coefficient (Wildman–Crippen LogP) is 3.17. The summed E-state index contributed by atoms with van der Waals surface area (Å²) in [6, 6.07) is 7.14. The number of furan rings is 1. The van der Waals surface area contributed by atoms with Crippen molar-refractivity contribution >= 4 is 17.4 Å². The molecule has 0 bridgehead atoms. The molecule has 0 saturated heterocycles. The number of rotatable bonds is 4. The lowest BCUT2D eigenvalue weighted by Crippen LogP contribution is -2.30. The number of anilines is 1. The Bertz CT molecular complexity index is 835. The second-order valence-electron chi connectivity index (χ2n) is 5.62. The summed E-state index contributed by atoms with van der Waals surface area (Å²) in [4.78, 5) is 26.1. The number of nitrogens with zero attached hydrogens (tertiary/aromatic N) is 1. The fourth-order valence-electron chi connectivity index (χ4n) is 2.87. The number of carbonyl (C=O) groups excluding carboxylic acids is 2. The van der Waals surface area contributed by atoms with Gasteiger partial charge in [0, 0.05) is 6.42 Å². The van der Waals surface area contributed by atoms with Crippen LogP contribution in [0, 0.1) is 6.92 Å². The minimum Gasteiger partial charge on any atom is -0.506 e. The fourth-order valence-corrected chi connectivity index (χ4v) is 2.87. The number of phenolic OH excluding ortho intramolecular Hbond substituents is 1. The fraction of sp³-hybridized carbons (Fsp3) is 0.222. The number of carbonyl (C=O) groups is 2. The Kier molecular flexibility index (Phi) is 3.89. The minimum absolute atomic E-state index is 0.0154. The second-order valence-corrected chi connectivity index (χ2v) is 5.62. The third kappa shape index (κ3) is 2.36. The van der Waals surface area contributed by atoms with Gasteiger partial charge in [-0.2, -0.15) is 0 Å². The number of aliphatic hydroxyl groups is 1. The van der Waals surface area contributed by atoms with Crippen molar-refractivity contribution in [2.75, 3.05) is 4.90 Å². The second kappa shape index (κ2) is 5.88. The molecule has 6 heteroatoms. The maximum Gasteiger partial charge on any atom is 0.294 e. The van der Waals surface area contributed by atoms with Crippen molar-refractivity contribution in [2.24, 2.45) is 0 Å². The van der Waals surface area contributed by atoms with Gasteiger partial charge in [-0.15, -0.1) is 0 Å². The summed E-state index contributed by atoms with van der Waals surface area (Å²) in [5.41, 5.74) is 1.02. The quantitative estimate of drug-likeness (QED) is 0.900. The Morgan fingerprint density at radius 2 is 2.04 bits per heavy atom. The highest BCUT2D eigenvalue weighted by molar-refractivity contribution is 6.16. The lowest BCUT2D eigenvalue weighted by atomic mass is 9.99. The number of ketones is 1. The number of hydrogen-bond donors (Lipinski definition) is 2. The van der Waals surface area contributed by atoms with Gasteiger partial charge in [0.1, 0.15) is 17.6 Å². The van der Waals surface area contributed by atoms with Gasteiger partial charge in [0.2, 0.25) is 0 Å². The Morgan fingerprint density at radius 1 is 1.29 bits per heavy atom. The van der Waals surface area contributed by atoms with E-state index in [-0.39, 0.29) is 29.2 Å². The van der Waals surface area contributed by atoms with Crippen LogP contribution in [-0.2, 0) is 9.59 Å². The molecule has 0 saturated carbocycles. The van der Waals surface area contributed by atoms with Crippen LogP contribution in [0.25, 0.3) is 0 Å². The van der Waals surface area contributed by atoms with Crippen LogP contribution in [0.5, 0.6) is 5.75 Å². The minimum atomic E-state index is -0.910.